The van der Waals surface area contributed by atoms with Crippen molar-refractivity contribution in [2.45, 2.75) is 53.0 Å². The Balaban J connectivity index is 2.57. The SMILES string of the molecule is Cc1cc(C(=O)CCC(=O)NC(C)(CN)C(C)C)c(C)s1. The van der Waals surface area contributed by atoms with Crippen molar-refractivity contribution in [3.63, 3.8) is 0 Å². The largest absolute Gasteiger partial charge is 0.349 e. The number of thiophene rings is 1. The number of nitrogens with two attached hydrogens (primary N) is 1. The van der Waals surface area contributed by atoms with E-state index in [4.69, 9.17) is 5.73 Å². The van der Waals surface area contributed by atoms with E-state index in [2.05, 4.69) is 5.32 Å². The van der Waals surface area contributed by atoms with Gasteiger partial charge in [0.15, 0.2) is 5.78 Å². The molecule has 3 N–H and O–H groups in total. The first-order valence-electron chi connectivity index (χ1n) is 7.31. The van der Waals surface area contributed by atoms with Crippen molar-refractivity contribution in [3.05, 3.63) is 21.4 Å². The van der Waals surface area contributed by atoms with Crippen LogP contribution in [0, 0.1) is 19.8 Å². The molecule has 4 nitrogen and oxygen atoms in total. The lowest BCUT2D eigenvalue weighted by atomic mass is 9.88. The minimum Gasteiger partial charge on any atom is -0.349 e. The molecule has 1 rings (SSSR count). The van der Waals surface area contributed by atoms with Gasteiger partial charge < -0.3 is 11.1 Å². The van der Waals surface area contributed by atoms with Gasteiger partial charge in [-0.05, 0) is 32.8 Å². The van der Waals surface area contributed by atoms with Crippen LogP contribution in [0.25, 0.3) is 0 Å². The summed E-state index contributed by atoms with van der Waals surface area (Å²) in [4.78, 5) is 26.3. The summed E-state index contributed by atoms with van der Waals surface area (Å²) < 4.78 is 0. The number of hydrogen-bond acceptors (Lipinski definition) is 4. The number of rotatable bonds is 7. The van der Waals surface area contributed by atoms with Crippen LogP contribution in [0.2, 0.25) is 0 Å². The predicted octanol–water partition coefficient (Wildman–Crippen LogP) is 2.82. The minimum atomic E-state index is -0.422. The number of amides is 1. The highest BCUT2D eigenvalue weighted by Gasteiger charge is 2.28. The molecule has 0 aliphatic heterocycles. The summed E-state index contributed by atoms with van der Waals surface area (Å²) in [6, 6.07) is 1.90. The fourth-order valence-corrected chi connectivity index (χ4v) is 3.02. The molecule has 0 radical (unpaired) electrons. The van der Waals surface area contributed by atoms with Crippen molar-refractivity contribution >= 4 is 23.0 Å². The third-order valence-corrected chi connectivity index (χ3v) is 5.01. The summed E-state index contributed by atoms with van der Waals surface area (Å²) in [5.74, 6) is 0.157. The van der Waals surface area contributed by atoms with Crippen molar-refractivity contribution in [3.8, 4) is 0 Å². The first kappa shape index (κ1) is 17.9. The summed E-state index contributed by atoms with van der Waals surface area (Å²) in [6.45, 7) is 10.3. The smallest absolute Gasteiger partial charge is 0.220 e. The maximum absolute atomic E-state index is 12.2. The molecule has 21 heavy (non-hydrogen) atoms. The van der Waals surface area contributed by atoms with E-state index >= 15 is 0 Å². The quantitative estimate of drug-likeness (QED) is 0.761. The zero-order chi connectivity index (χ0) is 16.2. The van der Waals surface area contributed by atoms with Crippen LogP contribution >= 0.6 is 11.3 Å². The summed E-state index contributed by atoms with van der Waals surface area (Å²) in [5, 5.41) is 2.96. The Labute approximate surface area is 131 Å². The van der Waals surface area contributed by atoms with E-state index in [0.29, 0.717) is 6.54 Å². The van der Waals surface area contributed by atoms with Crippen molar-refractivity contribution in [1.82, 2.24) is 5.32 Å². The van der Waals surface area contributed by atoms with Gasteiger partial charge in [-0.3, -0.25) is 9.59 Å². The highest BCUT2D eigenvalue weighted by molar-refractivity contribution is 7.12. The fourth-order valence-electron chi connectivity index (χ4n) is 2.08. The normalized spacial score (nSPS) is 14.0. The van der Waals surface area contributed by atoms with Gasteiger partial charge in [0.25, 0.3) is 0 Å². The molecule has 1 aromatic rings. The fraction of sp³-hybridized carbons (Fsp3) is 0.625. The summed E-state index contributed by atoms with van der Waals surface area (Å²) >= 11 is 1.61. The van der Waals surface area contributed by atoms with E-state index < -0.39 is 5.54 Å². The molecule has 118 valence electrons. The van der Waals surface area contributed by atoms with Crippen LogP contribution in [-0.2, 0) is 4.79 Å². The zero-order valence-electron chi connectivity index (χ0n) is 13.6. The molecular formula is C16H26N2O2S. The molecule has 0 spiro atoms. The topological polar surface area (TPSA) is 72.2 Å². The minimum absolute atomic E-state index is 0.0333. The number of Topliss-reactive ketones (excluding diaryl/α,β-unsaturated/α-hetero) is 1. The molecule has 1 atom stereocenters. The Morgan fingerprint density at radius 2 is 1.95 bits per heavy atom. The summed E-state index contributed by atoms with van der Waals surface area (Å²) in [7, 11) is 0. The average molecular weight is 310 g/mol. The first-order valence-corrected chi connectivity index (χ1v) is 8.12. The van der Waals surface area contributed by atoms with E-state index in [-0.39, 0.29) is 30.4 Å². The number of carbonyl (C=O) groups is 2. The number of nitrogens with one attached hydrogen (secondary N) is 1. The van der Waals surface area contributed by atoms with Crippen molar-refractivity contribution in [2.24, 2.45) is 11.7 Å². The molecule has 1 heterocycles. The van der Waals surface area contributed by atoms with Gasteiger partial charge >= 0.3 is 0 Å². The molecule has 1 unspecified atom stereocenters. The standard InChI is InChI=1S/C16H26N2O2S/c1-10(2)16(5,9-17)18-15(20)7-6-14(19)13-8-11(3)21-12(13)4/h8,10H,6-7,9,17H2,1-5H3,(H,18,20). The highest BCUT2D eigenvalue weighted by atomic mass is 32.1. The van der Waals surface area contributed by atoms with Gasteiger partial charge in [-0.2, -0.15) is 0 Å². The third-order valence-electron chi connectivity index (χ3n) is 4.04. The second kappa shape index (κ2) is 7.18. The lowest BCUT2D eigenvalue weighted by molar-refractivity contribution is -0.123. The Kier molecular flexibility index (Phi) is 6.10. The van der Waals surface area contributed by atoms with Crippen molar-refractivity contribution < 1.29 is 9.59 Å². The number of hydrogen-bond donors (Lipinski definition) is 2. The van der Waals surface area contributed by atoms with Gasteiger partial charge in [-0.25, -0.2) is 0 Å². The second-order valence-electron chi connectivity index (χ2n) is 6.07. The molecule has 0 saturated heterocycles. The van der Waals surface area contributed by atoms with E-state index in [1.54, 1.807) is 11.3 Å². The van der Waals surface area contributed by atoms with Crippen LogP contribution in [0.3, 0.4) is 0 Å². The van der Waals surface area contributed by atoms with Crippen molar-refractivity contribution in [1.29, 1.82) is 0 Å². The predicted molar refractivity (Wildman–Crippen MR) is 87.8 cm³/mol. The van der Waals surface area contributed by atoms with Gasteiger partial charge in [-0.15, -0.1) is 11.3 Å². The van der Waals surface area contributed by atoms with E-state index in [0.717, 1.165) is 15.3 Å². The molecule has 1 aromatic heterocycles. The lowest BCUT2D eigenvalue weighted by Gasteiger charge is -2.33. The Bertz CT molecular complexity index is 522. The number of carbonyl (C=O) groups excluding carboxylic acids is 2. The van der Waals surface area contributed by atoms with E-state index in [1.165, 1.54) is 0 Å². The molecule has 0 bridgehead atoms. The highest BCUT2D eigenvalue weighted by Crippen LogP contribution is 2.22. The molecule has 5 heteroatoms. The zero-order valence-corrected chi connectivity index (χ0v) is 14.4. The molecule has 0 saturated carbocycles. The lowest BCUT2D eigenvalue weighted by Crippen LogP contribution is -2.55. The Morgan fingerprint density at radius 1 is 1.33 bits per heavy atom. The van der Waals surface area contributed by atoms with Crippen LogP contribution in [0.1, 0.15) is 53.7 Å². The number of ketones is 1. The van der Waals surface area contributed by atoms with Gasteiger partial charge in [0.2, 0.25) is 5.91 Å². The molecule has 0 aromatic carbocycles. The van der Waals surface area contributed by atoms with Crippen LogP contribution in [0.5, 0.6) is 0 Å². The number of aryl methyl sites for hydroxylation is 2. The average Bonchev–Trinajstić information content (AvgIpc) is 2.74. The molecule has 0 fully saturated rings. The van der Waals surface area contributed by atoms with E-state index in [1.807, 2.05) is 40.7 Å². The molecular weight excluding hydrogens is 284 g/mol. The van der Waals surface area contributed by atoms with Crippen LogP contribution in [-0.4, -0.2) is 23.8 Å². The monoisotopic (exact) mass is 310 g/mol. The van der Waals surface area contributed by atoms with Crippen LogP contribution in [0.15, 0.2) is 6.07 Å². The molecule has 0 aliphatic rings. The van der Waals surface area contributed by atoms with Crippen LogP contribution in [0.4, 0.5) is 0 Å². The Hall–Kier alpha value is -1.20. The summed E-state index contributed by atoms with van der Waals surface area (Å²) in [5.41, 5.74) is 6.07. The summed E-state index contributed by atoms with van der Waals surface area (Å²) in [6.07, 6.45) is 0.442. The van der Waals surface area contributed by atoms with Crippen molar-refractivity contribution in [2.75, 3.05) is 6.54 Å². The van der Waals surface area contributed by atoms with Gasteiger partial charge in [0.05, 0.1) is 5.54 Å². The van der Waals surface area contributed by atoms with Gasteiger partial charge in [-0.1, -0.05) is 13.8 Å². The Morgan fingerprint density at radius 3 is 2.38 bits per heavy atom. The van der Waals surface area contributed by atoms with Gasteiger partial charge in [0.1, 0.15) is 0 Å². The first-order chi connectivity index (χ1) is 9.69. The second-order valence-corrected chi connectivity index (χ2v) is 7.54. The third kappa shape index (κ3) is 4.64. The van der Waals surface area contributed by atoms with Crippen LogP contribution < -0.4 is 11.1 Å². The maximum Gasteiger partial charge on any atom is 0.220 e. The van der Waals surface area contributed by atoms with E-state index in [9.17, 15) is 9.59 Å². The molecule has 1 amide bonds. The molecule has 0 aliphatic carbocycles. The van der Waals surface area contributed by atoms with Gasteiger partial charge in [0, 0.05) is 34.7 Å². The maximum atomic E-state index is 12.2.